The Bertz CT molecular complexity index is 2930. The van der Waals surface area contributed by atoms with Gasteiger partial charge in [-0.05, 0) is 81.3 Å². The first-order valence-corrected chi connectivity index (χ1v) is 24.9. The van der Waals surface area contributed by atoms with Crippen LogP contribution in [0, 0.1) is 0 Å². The summed E-state index contributed by atoms with van der Waals surface area (Å²) < 4.78 is 60.5. The van der Waals surface area contributed by atoms with E-state index in [4.69, 9.17) is 18.5 Å². The molecule has 0 fully saturated rings. The highest BCUT2D eigenvalue weighted by Crippen LogP contribution is 2.67. The molecule has 10 rings (SSSR count). The summed E-state index contributed by atoms with van der Waals surface area (Å²) in [7, 11) is -7.97. The molecule has 4 atom stereocenters. The van der Waals surface area contributed by atoms with Crippen LogP contribution in [0.2, 0.25) is 0 Å². The van der Waals surface area contributed by atoms with Crippen LogP contribution in [0.3, 0.4) is 0 Å². The van der Waals surface area contributed by atoms with Gasteiger partial charge in [0.1, 0.15) is 11.5 Å². The van der Waals surface area contributed by atoms with Gasteiger partial charge in [-0.2, -0.15) is 0 Å². The van der Waals surface area contributed by atoms with Crippen molar-refractivity contribution >= 4 is 36.1 Å². The molecule has 6 nitrogen and oxygen atoms in total. The lowest BCUT2D eigenvalue weighted by atomic mass is 9.99. The second-order valence-electron chi connectivity index (χ2n) is 16.1. The van der Waals surface area contributed by atoms with Gasteiger partial charge in [0, 0.05) is 22.3 Å². The number of ether oxygens (including phenoxy) is 2. The Morgan fingerprint density at radius 1 is 0.438 bits per heavy atom. The van der Waals surface area contributed by atoms with Gasteiger partial charge in [0.2, 0.25) is 0 Å². The Labute approximate surface area is 374 Å². The molecule has 0 radical (unpaired) electrons. The van der Waals surface area contributed by atoms with E-state index in [1.165, 1.54) is 0 Å². The van der Waals surface area contributed by atoms with Crippen LogP contribution in [0.15, 0.2) is 207 Å². The molecule has 0 aromatic heterocycles. The molecule has 8 heteroatoms. The van der Waals surface area contributed by atoms with Crippen LogP contribution in [0.25, 0.3) is 33.0 Å². The Hall–Kier alpha value is -6.52. The Morgan fingerprint density at radius 2 is 0.812 bits per heavy atom. The number of hydrogen-bond acceptors (Lipinski definition) is 6. The van der Waals surface area contributed by atoms with Gasteiger partial charge in [-0.15, -0.1) is 13.2 Å². The zero-order valence-electron chi connectivity index (χ0n) is 35.2. The molecule has 0 saturated heterocycles. The van der Waals surface area contributed by atoms with Crippen molar-refractivity contribution in [2.24, 2.45) is 0 Å². The van der Waals surface area contributed by atoms with E-state index in [2.05, 4.69) is 37.4 Å². The van der Waals surface area contributed by atoms with Crippen molar-refractivity contribution in [3.8, 4) is 33.8 Å². The average molecular weight is 877 g/mol. The Balaban J connectivity index is 1.17. The fourth-order valence-electron chi connectivity index (χ4n) is 9.00. The summed E-state index contributed by atoms with van der Waals surface area (Å²) in [6, 6.07) is 59.0. The minimum Gasteiger partial charge on any atom is -0.437 e. The minimum absolute atomic E-state index is 0.141. The predicted molar refractivity (Wildman–Crippen MR) is 259 cm³/mol. The van der Waals surface area contributed by atoms with Crippen molar-refractivity contribution in [3.63, 3.8) is 0 Å². The van der Waals surface area contributed by atoms with Crippen LogP contribution in [-0.2, 0) is 44.7 Å². The van der Waals surface area contributed by atoms with Crippen LogP contribution in [0.5, 0.6) is 11.5 Å². The van der Waals surface area contributed by atoms with Gasteiger partial charge in [-0.3, -0.25) is 9.13 Å². The molecule has 64 heavy (non-hydrogen) atoms. The predicted octanol–water partition coefficient (Wildman–Crippen LogP) is 14.1. The number of hydrogen-bond donors (Lipinski definition) is 0. The summed E-state index contributed by atoms with van der Waals surface area (Å²) in [5.74, 6) is -1.19. The van der Waals surface area contributed by atoms with Gasteiger partial charge < -0.3 is 18.5 Å². The monoisotopic (exact) mass is 876 g/mol. The molecule has 8 aromatic carbocycles. The number of para-hydroxylation sites is 2. The van der Waals surface area contributed by atoms with Crippen LogP contribution in [-0.4, -0.2) is 0 Å². The van der Waals surface area contributed by atoms with Crippen molar-refractivity contribution < 1.29 is 27.7 Å². The summed E-state index contributed by atoms with van der Waals surface area (Å²) in [5, 5.41) is 2.66. The van der Waals surface area contributed by atoms with Gasteiger partial charge in [0.25, 0.3) is 0 Å². The van der Waals surface area contributed by atoms with Gasteiger partial charge in [-0.25, -0.2) is 0 Å². The summed E-state index contributed by atoms with van der Waals surface area (Å²) in [4.78, 5) is 0. The Kier molecular flexibility index (Phi) is 11.4. The molecule has 316 valence electrons. The largest absolute Gasteiger partial charge is 0.437 e. The van der Waals surface area contributed by atoms with Crippen molar-refractivity contribution in [2.45, 2.75) is 37.7 Å². The lowest BCUT2D eigenvalue weighted by Crippen LogP contribution is -2.25. The maximum Gasteiger partial charge on any atom is 0.310 e. The maximum atomic E-state index is 16.4. The lowest BCUT2D eigenvalue weighted by molar-refractivity contribution is 0.0837. The van der Waals surface area contributed by atoms with Crippen molar-refractivity contribution in [2.75, 3.05) is 0 Å². The smallest absolute Gasteiger partial charge is 0.310 e. The number of benzene rings is 8. The standard InChI is InChI=1S/C56H46O6P2/c1-3-15-39-29-33-41(34-30-39)37-59-55(63(57)52-27-11-7-21-46(52)44-19-5-9-25-50(44)61-63)48-23-13-17-43-18-14-24-49(54(43)48)56(60-38-42-35-31-40(16-4-2)32-36-42)64(58)53-28-12-8-22-47(53)45-20-6-10-26-51(45)62-64/h3-14,17-36,55-56H,1-2,15-16,37-38H2. The summed E-state index contributed by atoms with van der Waals surface area (Å²) in [6.45, 7) is 8.07. The highest BCUT2D eigenvalue weighted by atomic mass is 31.2. The molecule has 0 saturated carbocycles. The molecular weight excluding hydrogens is 831 g/mol. The van der Waals surface area contributed by atoms with E-state index in [1.807, 2.05) is 170 Å². The topological polar surface area (TPSA) is 71.1 Å². The van der Waals surface area contributed by atoms with Gasteiger partial charge in [0.05, 0.1) is 23.8 Å². The number of allylic oxidation sites excluding steroid dienone is 2. The lowest BCUT2D eigenvalue weighted by Gasteiger charge is -2.36. The minimum atomic E-state index is -3.98. The number of fused-ring (bicyclic) bond motifs is 7. The van der Waals surface area contributed by atoms with E-state index in [1.54, 1.807) is 0 Å². The summed E-state index contributed by atoms with van der Waals surface area (Å²) in [6.07, 6.45) is 5.24. The average Bonchev–Trinajstić information content (AvgIpc) is 3.33. The number of rotatable bonds is 14. The Morgan fingerprint density at radius 3 is 1.23 bits per heavy atom. The second-order valence-corrected chi connectivity index (χ2v) is 20.8. The zero-order chi connectivity index (χ0) is 43.7. The summed E-state index contributed by atoms with van der Waals surface area (Å²) in [5.41, 5.74) is 8.68. The first-order valence-electron chi connectivity index (χ1n) is 21.5. The summed E-state index contributed by atoms with van der Waals surface area (Å²) >= 11 is 0. The molecule has 2 aliphatic rings. The zero-order valence-corrected chi connectivity index (χ0v) is 37.0. The maximum absolute atomic E-state index is 16.4. The normalized spacial score (nSPS) is 17.9. The molecular formula is C56H46O6P2. The van der Waals surface area contributed by atoms with E-state index in [9.17, 15) is 0 Å². The van der Waals surface area contributed by atoms with Gasteiger partial charge >= 0.3 is 14.7 Å². The highest BCUT2D eigenvalue weighted by molar-refractivity contribution is 7.68. The van der Waals surface area contributed by atoms with Crippen LogP contribution in [0.4, 0.5) is 0 Å². The van der Waals surface area contributed by atoms with Crippen molar-refractivity contribution in [1.29, 1.82) is 0 Å². The third kappa shape index (κ3) is 7.57. The third-order valence-electron chi connectivity index (χ3n) is 12.0. The second kappa shape index (κ2) is 17.6. The van der Waals surface area contributed by atoms with E-state index in [-0.39, 0.29) is 13.2 Å². The molecule has 0 N–H and O–H groups in total. The van der Waals surface area contributed by atoms with Gasteiger partial charge in [-0.1, -0.05) is 170 Å². The van der Waals surface area contributed by atoms with Crippen LogP contribution in [0.1, 0.15) is 45.1 Å². The fourth-order valence-corrected chi connectivity index (χ4v) is 14.2. The quantitative estimate of drug-likeness (QED) is 0.0800. The first kappa shape index (κ1) is 41.5. The SMILES string of the molecule is C=CCc1ccc(COC(c2cccc3cccc(C(OCc4ccc(CC=C)cc4)P4(=O)Oc5ccccc5-c5ccccc54)c23)P2(=O)Oc3ccccc3-c3ccccc32)cc1. The first-order chi connectivity index (χ1) is 31.4. The van der Waals surface area contributed by atoms with Gasteiger partial charge in [0.15, 0.2) is 11.7 Å². The molecule has 0 amide bonds. The highest BCUT2D eigenvalue weighted by Gasteiger charge is 2.48. The third-order valence-corrected chi connectivity index (χ3v) is 17.2. The molecule has 2 heterocycles. The molecule has 0 aliphatic carbocycles. The van der Waals surface area contributed by atoms with E-state index in [0.717, 1.165) is 62.7 Å². The molecule has 8 aromatic rings. The van der Waals surface area contributed by atoms with E-state index < -0.39 is 26.4 Å². The molecule has 4 unspecified atom stereocenters. The molecule has 2 aliphatic heterocycles. The molecule has 0 bridgehead atoms. The van der Waals surface area contributed by atoms with Crippen molar-refractivity contribution in [1.82, 2.24) is 0 Å². The van der Waals surface area contributed by atoms with Crippen LogP contribution >= 0.6 is 14.7 Å². The fraction of sp³-hybridized carbons (Fsp3) is 0.107. The van der Waals surface area contributed by atoms with Crippen LogP contribution < -0.4 is 19.7 Å². The van der Waals surface area contributed by atoms with E-state index in [0.29, 0.717) is 38.6 Å². The van der Waals surface area contributed by atoms with E-state index >= 15 is 9.13 Å². The van der Waals surface area contributed by atoms with Crippen molar-refractivity contribution in [3.05, 3.63) is 241 Å². The molecule has 0 spiro atoms.